The van der Waals surface area contributed by atoms with E-state index in [1.54, 1.807) is 22.0 Å². The third-order valence-corrected chi connectivity index (χ3v) is 8.91. The molecule has 4 heterocycles. The number of nitrogens with zero attached hydrogens (tertiary/aromatic N) is 2. The zero-order chi connectivity index (χ0) is 30.8. The van der Waals surface area contributed by atoms with E-state index in [1.807, 2.05) is 63.3 Å². The van der Waals surface area contributed by atoms with Crippen LogP contribution in [0.15, 0.2) is 54.6 Å². The smallest absolute Gasteiger partial charge is 0.313 e. The first-order valence-electron chi connectivity index (χ1n) is 15.4. The van der Waals surface area contributed by atoms with Crippen LogP contribution < -0.4 is 5.32 Å². The normalized spacial score (nSPS) is 32.1. The van der Waals surface area contributed by atoms with Crippen molar-refractivity contribution in [3.8, 4) is 0 Å². The zero-order valence-corrected chi connectivity index (χ0v) is 25.2. The van der Waals surface area contributed by atoms with Gasteiger partial charge in [0.1, 0.15) is 23.7 Å². The maximum Gasteiger partial charge on any atom is 0.313 e. The minimum Gasteiger partial charge on any atom is -0.455 e. The average molecular weight is 594 g/mol. The lowest BCUT2D eigenvalue weighted by Gasteiger charge is -2.40. The van der Waals surface area contributed by atoms with Gasteiger partial charge in [0.25, 0.3) is 0 Å². The molecule has 232 valence electrons. The van der Waals surface area contributed by atoms with Gasteiger partial charge >= 0.3 is 5.97 Å². The summed E-state index contributed by atoms with van der Waals surface area (Å²) in [5.74, 6) is -3.25. The summed E-state index contributed by atoms with van der Waals surface area (Å²) in [6.07, 6.45) is 8.23. The number of fused-ring (bicyclic) bond motifs is 2. The number of hydrogen-bond acceptors (Lipinski definition) is 7. The average Bonchev–Trinajstić information content (AvgIpc) is 3.34. The quantitative estimate of drug-likeness (QED) is 0.295. The van der Waals surface area contributed by atoms with Gasteiger partial charge in [0, 0.05) is 31.7 Å². The van der Waals surface area contributed by atoms with Crippen LogP contribution in [-0.2, 0) is 28.7 Å². The van der Waals surface area contributed by atoms with Gasteiger partial charge < -0.3 is 29.7 Å². The lowest BCUT2D eigenvalue weighted by molar-refractivity contribution is -0.160. The molecule has 1 spiro atoms. The maximum atomic E-state index is 14.4. The van der Waals surface area contributed by atoms with Crippen LogP contribution in [0, 0.1) is 11.8 Å². The van der Waals surface area contributed by atoms with E-state index >= 15 is 0 Å². The largest absolute Gasteiger partial charge is 0.455 e. The van der Waals surface area contributed by atoms with Crippen LogP contribution in [-0.4, -0.2) is 88.1 Å². The molecule has 4 aliphatic rings. The predicted octanol–water partition coefficient (Wildman–Crippen LogP) is 2.68. The Kier molecular flexibility index (Phi) is 9.08. The van der Waals surface area contributed by atoms with Gasteiger partial charge in [-0.25, -0.2) is 0 Å². The van der Waals surface area contributed by atoms with Crippen LogP contribution in [0.25, 0.3) is 0 Å². The van der Waals surface area contributed by atoms with Gasteiger partial charge in [-0.05, 0) is 52.0 Å². The van der Waals surface area contributed by atoms with E-state index in [0.29, 0.717) is 38.8 Å². The number of amides is 3. The van der Waals surface area contributed by atoms with Crippen LogP contribution in [0.2, 0.25) is 0 Å². The number of hydrogen-bond donors (Lipinski definition) is 2. The lowest BCUT2D eigenvalue weighted by Crippen LogP contribution is -2.58. The predicted molar refractivity (Wildman–Crippen MR) is 158 cm³/mol. The minimum atomic E-state index is -1.36. The van der Waals surface area contributed by atoms with Crippen LogP contribution in [0.5, 0.6) is 0 Å². The van der Waals surface area contributed by atoms with Gasteiger partial charge in [0.05, 0.1) is 18.6 Å². The van der Waals surface area contributed by atoms with Crippen molar-refractivity contribution in [2.45, 2.75) is 82.3 Å². The summed E-state index contributed by atoms with van der Waals surface area (Å²) in [4.78, 5) is 58.8. The molecule has 2 saturated heterocycles. The van der Waals surface area contributed by atoms with Crippen molar-refractivity contribution in [2.24, 2.45) is 11.8 Å². The Labute approximate surface area is 253 Å². The highest BCUT2D eigenvalue weighted by atomic mass is 16.6. The van der Waals surface area contributed by atoms with Crippen LogP contribution >= 0.6 is 0 Å². The Morgan fingerprint density at radius 1 is 1.02 bits per heavy atom. The number of carbonyl (C=O) groups excluding carboxylic acids is 4. The van der Waals surface area contributed by atoms with E-state index in [2.05, 4.69) is 5.32 Å². The molecule has 5 rings (SSSR count). The summed E-state index contributed by atoms with van der Waals surface area (Å²) in [5.41, 5.74) is -1.15. The van der Waals surface area contributed by atoms with Gasteiger partial charge in [-0.3, -0.25) is 19.2 Å². The molecule has 3 amide bonds. The molecule has 1 aromatic rings. The molecule has 43 heavy (non-hydrogen) atoms. The van der Waals surface area contributed by atoms with Gasteiger partial charge in [0.2, 0.25) is 17.7 Å². The molecule has 0 saturated carbocycles. The van der Waals surface area contributed by atoms with Gasteiger partial charge in [-0.2, -0.15) is 0 Å². The van der Waals surface area contributed by atoms with Crippen LogP contribution in [0.4, 0.5) is 0 Å². The van der Waals surface area contributed by atoms with Crippen molar-refractivity contribution in [1.29, 1.82) is 0 Å². The zero-order valence-electron chi connectivity index (χ0n) is 25.2. The molecule has 1 aromatic carbocycles. The molecule has 2 fully saturated rings. The molecule has 4 aliphatic heterocycles. The molecule has 6 atom stereocenters. The van der Waals surface area contributed by atoms with E-state index in [-0.39, 0.29) is 37.3 Å². The summed E-state index contributed by atoms with van der Waals surface area (Å²) >= 11 is 0. The third kappa shape index (κ3) is 5.99. The molecule has 0 radical (unpaired) electrons. The monoisotopic (exact) mass is 593 g/mol. The number of carbonyl (C=O) groups is 4. The van der Waals surface area contributed by atoms with E-state index in [0.717, 1.165) is 5.56 Å². The minimum absolute atomic E-state index is 0.0531. The van der Waals surface area contributed by atoms with E-state index in [9.17, 15) is 24.3 Å². The third-order valence-electron chi connectivity index (χ3n) is 8.91. The molecule has 0 unspecified atom stereocenters. The molecule has 0 aliphatic carbocycles. The second-order valence-corrected chi connectivity index (χ2v) is 12.8. The van der Waals surface area contributed by atoms with Crippen molar-refractivity contribution in [2.75, 3.05) is 26.2 Å². The number of ether oxygens (including phenoxy) is 2. The summed E-state index contributed by atoms with van der Waals surface area (Å²) in [6, 6.07) is 8.25. The highest BCUT2D eigenvalue weighted by molar-refractivity contribution is 5.99. The highest BCUT2D eigenvalue weighted by Gasteiger charge is 2.72. The molecular weight excluding hydrogens is 550 g/mol. The molecule has 0 bridgehead atoms. The number of benzene rings is 1. The first-order valence-corrected chi connectivity index (χ1v) is 15.4. The number of aliphatic hydroxyl groups is 1. The first-order chi connectivity index (χ1) is 20.6. The fourth-order valence-electron chi connectivity index (χ4n) is 6.82. The van der Waals surface area contributed by atoms with Crippen molar-refractivity contribution in [3.05, 3.63) is 60.2 Å². The Hall–Kier alpha value is -3.50. The number of aliphatic hydroxyl groups excluding tert-OH is 1. The number of nitrogens with one attached hydrogen (secondary N) is 1. The molecule has 10 heteroatoms. The van der Waals surface area contributed by atoms with Crippen LogP contribution in [0.1, 0.15) is 64.5 Å². The Morgan fingerprint density at radius 2 is 1.79 bits per heavy atom. The van der Waals surface area contributed by atoms with Gasteiger partial charge in [-0.15, -0.1) is 0 Å². The maximum absolute atomic E-state index is 14.4. The lowest BCUT2D eigenvalue weighted by atomic mass is 9.77. The fraction of sp³-hybridized carbons (Fsp3) is 0.576. The van der Waals surface area contributed by atoms with E-state index < -0.39 is 47.2 Å². The second-order valence-electron chi connectivity index (χ2n) is 12.8. The standard InChI is InChI=1S/C33H43N3O7/c1-32(2,3)36-19-12-17-33-27(29(39)35(28(33)30(36)40)18-10-5-11-20-37)26-23(43-33)15-8-9-16-25(38)34-21-24(42-31(26)41)22-13-6-4-7-14-22/h4,6-8,12-15,17,23-24,26-28,37H,5,9-11,16,18-21H2,1-3H3,(H,34,38)/b15-8-/t23-,24+,26+,27+,28-,33+/m0/s1. The Balaban J connectivity index is 1.56. The highest BCUT2D eigenvalue weighted by Crippen LogP contribution is 2.53. The second kappa shape index (κ2) is 12.6. The molecule has 10 nitrogen and oxygen atoms in total. The Bertz CT molecular complexity index is 1270. The van der Waals surface area contributed by atoms with Crippen molar-refractivity contribution < 1.29 is 33.8 Å². The number of esters is 1. The van der Waals surface area contributed by atoms with Gasteiger partial charge in [0.15, 0.2) is 0 Å². The van der Waals surface area contributed by atoms with E-state index in [4.69, 9.17) is 9.47 Å². The van der Waals surface area contributed by atoms with Crippen molar-refractivity contribution in [3.63, 3.8) is 0 Å². The summed E-state index contributed by atoms with van der Waals surface area (Å²) in [6.45, 7) is 6.68. The topological polar surface area (TPSA) is 125 Å². The number of cyclic esters (lactones) is 1. The van der Waals surface area contributed by atoms with Crippen molar-refractivity contribution >= 4 is 23.7 Å². The molecule has 0 aromatic heterocycles. The van der Waals surface area contributed by atoms with E-state index in [1.165, 1.54) is 0 Å². The number of rotatable bonds is 6. The first kappa shape index (κ1) is 30.9. The molecule has 2 N–H and O–H groups in total. The number of likely N-dealkylation sites (tertiary alicyclic amines) is 1. The van der Waals surface area contributed by atoms with Crippen molar-refractivity contribution in [1.82, 2.24) is 15.1 Å². The Morgan fingerprint density at radius 3 is 2.51 bits per heavy atom. The summed E-state index contributed by atoms with van der Waals surface area (Å²) < 4.78 is 12.8. The van der Waals surface area contributed by atoms with Gasteiger partial charge in [-0.1, -0.05) is 54.6 Å². The fourth-order valence-corrected chi connectivity index (χ4v) is 6.82. The van der Waals surface area contributed by atoms with Crippen LogP contribution in [0.3, 0.4) is 0 Å². The molecular formula is C33H43N3O7. The SMILES string of the molecule is CC(C)(C)N1CC=C[C@@]23O[C@H]4/C=C\CCC(=O)NC[C@H](c5ccccc5)OC(=O)[C@H]4[C@@H]2C(=O)N(CCCCCO)[C@H]3C1=O. The summed E-state index contributed by atoms with van der Waals surface area (Å²) in [7, 11) is 0. The number of unbranched alkanes of at least 4 members (excludes halogenated alkanes) is 2. The summed E-state index contributed by atoms with van der Waals surface area (Å²) in [5, 5.41) is 12.2. The number of allylic oxidation sites excluding steroid dienone is 1.